The standard InChI is InChI=1S/C22H13F3N2O5/c1-12-5-6-14(10-18(12)27(29)30)20-26-17(21(28)32-20)11-16-7-8-19(31-16)13-3-2-4-15(9-13)22(23,24)25/h2-11H,1H3. The number of carbonyl (C=O) groups is 1. The van der Waals surface area contributed by atoms with Crippen molar-refractivity contribution in [3.8, 4) is 11.3 Å². The first-order chi connectivity index (χ1) is 15.1. The second kappa shape index (κ2) is 7.80. The minimum atomic E-state index is -4.49. The van der Waals surface area contributed by atoms with Crippen molar-refractivity contribution in [3.05, 3.63) is 92.9 Å². The number of nitro groups is 1. The van der Waals surface area contributed by atoms with E-state index in [0.717, 1.165) is 12.1 Å². The summed E-state index contributed by atoms with van der Waals surface area (Å²) in [6.07, 6.45) is -3.22. The Morgan fingerprint density at radius 1 is 1.06 bits per heavy atom. The molecule has 10 heteroatoms. The fraction of sp³-hybridized carbons (Fsp3) is 0.0909. The Morgan fingerprint density at radius 2 is 1.84 bits per heavy atom. The fourth-order valence-electron chi connectivity index (χ4n) is 3.04. The molecular weight excluding hydrogens is 429 g/mol. The van der Waals surface area contributed by atoms with Crippen molar-refractivity contribution >= 4 is 23.6 Å². The Labute approximate surface area is 178 Å². The van der Waals surface area contributed by atoms with E-state index in [1.807, 2.05) is 0 Å². The second-order valence-corrected chi connectivity index (χ2v) is 6.88. The number of aryl methyl sites for hydroxylation is 1. The summed E-state index contributed by atoms with van der Waals surface area (Å²) < 4.78 is 49.4. The molecule has 4 rings (SSSR count). The average Bonchev–Trinajstić information content (AvgIpc) is 3.35. The minimum Gasteiger partial charge on any atom is -0.457 e. The van der Waals surface area contributed by atoms with Crippen molar-refractivity contribution in [2.24, 2.45) is 4.99 Å². The van der Waals surface area contributed by atoms with Crippen molar-refractivity contribution in [2.45, 2.75) is 13.1 Å². The fourth-order valence-corrected chi connectivity index (χ4v) is 3.04. The summed E-state index contributed by atoms with van der Waals surface area (Å²) in [6.45, 7) is 1.58. The molecule has 0 aliphatic carbocycles. The molecule has 0 radical (unpaired) electrons. The van der Waals surface area contributed by atoms with Crippen molar-refractivity contribution in [1.29, 1.82) is 0 Å². The molecule has 0 N–H and O–H groups in total. The van der Waals surface area contributed by atoms with Crippen LogP contribution in [0.2, 0.25) is 0 Å². The molecule has 0 spiro atoms. The van der Waals surface area contributed by atoms with E-state index in [2.05, 4.69) is 4.99 Å². The highest BCUT2D eigenvalue weighted by Gasteiger charge is 2.31. The number of furan rings is 1. The third kappa shape index (κ3) is 4.15. The van der Waals surface area contributed by atoms with Crippen molar-refractivity contribution in [3.63, 3.8) is 0 Å². The Hall–Kier alpha value is -4.21. The topological polar surface area (TPSA) is 94.9 Å². The van der Waals surface area contributed by atoms with Crippen molar-refractivity contribution in [2.75, 3.05) is 0 Å². The van der Waals surface area contributed by atoms with Gasteiger partial charge in [-0.2, -0.15) is 13.2 Å². The molecule has 0 fully saturated rings. The predicted molar refractivity (Wildman–Crippen MR) is 108 cm³/mol. The number of esters is 1. The van der Waals surface area contributed by atoms with Gasteiger partial charge in [0.15, 0.2) is 5.70 Å². The number of ether oxygens (including phenoxy) is 1. The molecule has 1 aliphatic heterocycles. The lowest BCUT2D eigenvalue weighted by atomic mass is 10.1. The molecule has 1 aliphatic rings. The van der Waals surface area contributed by atoms with E-state index in [0.29, 0.717) is 5.56 Å². The van der Waals surface area contributed by atoms with Gasteiger partial charge in [0.1, 0.15) is 11.5 Å². The normalized spacial score (nSPS) is 15.1. The van der Waals surface area contributed by atoms with Gasteiger partial charge < -0.3 is 9.15 Å². The molecule has 0 atom stereocenters. The molecule has 2 heterocycles. The van der Waals surface area contributed by atoms with E-state index in [1.54, 1.807) is 6.92 Å². The monoisotopic (exact) mass is 442 g/mol. The lowest BCUT2D eigenvalue weighted by Gasteiger charge is -2.07. The molecule has 7 nitrogen and oxygen atoms in total. The maximum atomic E-state index is 12.9. The van der Waals surface area contributed by atoms with Crippen LogP contribution in [-0.4, -0.2) is 16.8 Å². The van der Waals surface area contributed by atoms with Crippen molar-refractivity contribution in [1.82, 2.24) is 0 Å². The second-order valence-electron chi connectivity index (χ2n) is 6.88. The molecule has 0 saturated heterocycles. The number of carbonyl (C=O) groups excluding carboxylic acids is 1. The summed E-state index contributed by atoms with van der Waals surface area (Å²) in [6, 6.07) is 11.9. The summed E-state index contributed by atoms with van der Waals surface area (Å²) in [5, 5.41) is 11.1. The van der Waals surface area contributed by atoms with E-state index in [9.17, 15) is 28.1 Å². The first kappa shape index (κ1) is 21.0. The lowest BCUT2D eigenvalue weighted by Crippen LogP contribution is -2.06. The van der Waals surface area contributed by atoms with Gasteiger partial charge in [-0.25, -0.2) is 9.79 Å². The number of rotatable bonds is 4. The van der Waals surface area contributed by atoms with Gasteiger partial charge in [-0.05, 0) is 37.3 Å². The van der Waals surface area contributed by atoms with Crippen LogP contribution in [0.1, 0.15) is 22.5 Å². The molecule has 0 saturated carbocycles. The number of halogens is 3. The van der Waals surface area contributed by atoms with Gasteiger partial charge in [-0.15, -0.1) is 0 Å². The number of aliphatic imine (C=N–C) groups is 1. The van der Waals surface area contributed by atoms with Crippen LogP contribution >= 0.6 is 0 Å². The molecule has 162 valence electrons. The van der Waals surface area contributed by atoms with Gasteiger partial charge in [0.05, 0.1) is 10.5 Å². The third-order valence-corrected chi connectivity index (χ3v) is 4.65. The van der Waals surface area contributed by atoms with Crippen LogP contribution in [0, 0.1) is 17.0 Å². The van der Waals surface area contributed by atoms with Crippen LogP contribution < -0.4 is 0 Å². The summed E-state index contributed by atoms with van der Waals surface area (Å²) in [4.78, 5) is 26.8. The molecular formula is C22H13F3N2O5. The Morgan fingerprint density at radius 3 is 2.56 bits per heavy atom. The number of benzene rings is 2. The first-order valence-electron chi connectivity index (χ1n) is 9.17. The Kier molecular flexibility index (Phi) is 5.13. The molecule has 0 unspecified atom stereocenters. The van der Waals surface area contributed by atoms with Gasteiger partial charge in [0.2, 0.25) is 5.90 Å². The van der Waals surface area contributed by atoms with Crippen LogP contribution in [0.25, 0.3) is 17.4 Å². The van der Waals surface area contributed by atoms with E-state index in [1.165, 1.54) is 48.5 Å². The molecule has 0 bridgehead atoms. The first-order valence-corrected chi connectivity index (χ1v) is 9.17. The van der Waals surface area contributed by atoms with E-state index >= 15 is 0 Å². The number of hydrogen-bond acceptors (Lipinski definition) is 6. The maximum Gasteiger partial charge on any atom is 0.416 e. The number of alkyl halides is 3. The van der Waals surface area contributed by atoms with E-state index in [4.69, 9.17) is 9.15 Å². The molecule has 32 heavy (non-hydrogen) atoms. The quantitative estimate of drug-likeness (QED) is 0.229. The van der Waals surface area contributed by atoms with Gasteiger partial charge in [0, 0.05) is 28.8 Å². The SMILES string of the molecule is Cc1ccc(C2=NC(=Cc3ccc(-c4cccc(C(F)(F)F)c4)o3)C(=O)O2)cc1[N+](=O)[O-]. The van der Waals surface area contributed by atoms with Crippen LogP contribution in [0.15, 0.2) is 69.7 Å². The van der Waals surface area contributed by atoms with Crippen molar-refractivity contribution < 1.29 is 32.0 Å². The summed E-state index contributed by atoms with van der Waals surface area (Å²) >= 11 is 0. The molecule has 0 amide bonds. The zero-order valence-corrected chi connectivity index (χ0v) is 16.3. The summed E-state index contributed by atoms with van der Waals surface area (Å²) in [7, 11) is 0. The summed E-state index contributed by atoms with van der Waals surface area (Å²) in [5.74, 6) is -0.550. The van der Waals surface area contributed by atoms with Crippen LogP contribution in [0.4, 0.5) is 18.9 Å². The summed E-state index contributed by atoms with van der Waals surface area (Å²) in [5.41, 5.74) is -0.161. The molecule has 2 aromatic carbocycles. The third-order valence-electron chi connectivity index (χ3n) is 4.65. The smallest absolute Gasteiger partial charge is 0.416 e. The van der Waals surface area contributed by atoms with Gasteiger partial charge in [0.25, 0.3) is 5.69 Å². The highest BCUT2D eigenvalue weighted by molar-refractivity contribution is 6.13. The average molecular weight is 442 g/mol. The molecule has 1 aromatic heterocycles. The Balaban J connectivity index is 1.62. The van der Waals surface area contributed by atoms with Crippen LogP contribution in [-0.2, 0) is 15.7 Å². The predicted octanol–water partition coefficient (Wildman–Crippen LogP) is 5.53. The minimum absolute atomic E-state index is 0.103. The highest BCUT2D eigenvalue weighted by atomic mass is 19.4. The van der Waals surface area contributed by atoms with Gasteiger partial charge in [-0.3, -0.25) is 10.1 Å². The molecule has 3 aromatic rings. The number of nitro benzene ring substituents is 1. The van der Waals surface area contributed by atoms with Gasteiger partial charge in [-0.1, -0.05) is 18.2 Å². The zero-order valence-electron chi connectivity index (χ0n) is 16.3. The highest BCUT2D eigenvalue weighted by Crippen LogP contribution is 2.33. The number of nitrogens with zero attached hydrogens (tertiary/aromatic N) is 2. The van der Waals surface area contributed by atoms with Gasteiger partial charge >= 0.3 is 12.1 Å². The van der Waals surface area contributed by atoms with Crippen LogP contribution in [0.5, 0.6) is 0 Å². The largest absolute Gasteiger partial charge is 0.457 e. The zero-order chi connectivity index (χ0) is 23.0. The van der Waals surface area contributed by atoms with E-state index in [-0.39, 0.29) is 39.9 Å². The Bertz CT molecular complexity index is 1300. The van der Waals surface area contributed by atoms with E-state index < -0.39 is 22.6 Å². The lowest BCUT2D eigenvalue weighted by molar-refractivity contribution is -0.385. The maximum absolute atomic E-state index is 12.9. The van der Waals surface area contributed by atoms with Crippen LogP contribution in [0.3, 0.4) is 0 Å². The number of hydrogen-bond donors (Lipinski definition) is 0. The number of cyclic esters (lactones) is 1.